The van der Waals surface area contributed by atoms with Crippen LogP contribution >= 0.6 is 18.6 Å². The fraction of sp³-hybridized carbons (Fsp3) is 0.412. The summed E-state index contributed by atoms with van der Waals surface area (Å²) in [6, 6.07) is 7.84. The topological polar surface area (TPSA) is 9.23 Å². The zero-order valence-electron chi connectivity index (χ0n) is 13.9. The zero-order chi connectivity index (χ0) is 16.4. The number of benzene rings is 1. The van der Waals surface area contributed by atoms with Gasteiger partial charge in [0.05, 0.1) is 0 Å². The summed E-state index contributed by atoms with van der Waals surface area (Å²) < 4.78 is 7.66. The van der Waals surface area contributed by atoms with Gasteiger partial charge < -0.3 is 0 Å². The first kappa shape index (κ1) is 17.2. The van der Waals surface area contributed by atoms with Crippen molar-refractivity contribution >= 4 is 18.6 Å². The average Bonchev–Trinajstić information content (AvgIpc) is 2.72. The maximum absolute atomic E-state index is 7.61. The van der Waals surface area contributed by atoms with Gasteiger partial charge in [-0.05, 0) is 0 Å². The van der Waals surface area contributed by atoms with E-state index in [1.54, 1.807) is 0 Å². The number of halogens is 2. The van der Waals surface area contributed by atoms with E-state index in [1.165, 1.54) is 0 Å². The van der Waals surface area contributed by atoms with E-state index >= 15 is 0 Å². The van der Waals surface area contributed by atoms with Crippen molar-refractivity contribution in [3.63, 3.8) is 0 Å². The molecule has 4 heteroatoms. The molecule has 0 saturated carbocycles. The van der Waals surface area contributed by atoms with E-state index in [2.05, 4.69) is 6.08 Å². The van der Waals surface area contributed by atoms with Crippen LogP contribution in [-0.2, 0) is 8.44 Å². The molecule has 1 aliphatic carbocycles. The molecule has 119 valence electrons. The average molecular weight is 366 g/mol. The Labute approximate surface area is 127 Å². The Balaban J connectivity index is 2.90. The Hall–Kier alpha value is -0.206. The van der Waals surface area contributed by atoms with Crippen LogP contribution < -0.4 is 3.32 Å². The SMILES string of the molecule is Cc1ccccc1[O][Ti]([CH3])([CH3])([CH3])([CH3])([CH3])([Cl])([Cl])[C]1=CC=CC1. The van der Waals surface area contributed by atoms with Crippen molar-refractivity contribution < 1.29 is 11.8 Å². The Kier molecular flexibility index (Phi) is 1.97. The van der Waals surface area contributed by atoms with E-state index in [0.29, 0.717) is 6.42 Å². The second-order valence-corrected chi connectivity index (χ2v) is 65.2. The minimum atomic E-state index is -6.31. The molecular formula is C17H27Cl2OTi. The molecule has 1 aromatic carbocycles. The van der Waals surface area contributed by atoms with Crippen molar-refractivity contribution in [3.05, 3.63) is 51.9 Å². The quantitative estimate of drug-likeness (QED) is 0.503. The van der Waals surface area contributed by atoms with E-state index in [1.807, 2.05) is 69.5 Å². The van der Waals surface area contributed by atoms with Gasteiger partial charge in [0.1, 0.15) is 0 Å². The van der Waals surface area contributed by atoms with Crippen LogP contribution in [0.2, 0.25) is 26.1 Å². The molecule has 0 fully saturated rings. The van der Waals surface area contributed by atoms with Crippen LogP contribution in [0.25, 0.3) is 0 Å². The summed E-state index contributed by atoms with van der Waals surface area (Å²) in [4.78, 5) is 0. The number of rotatable bonds is 3. The fourth-order valence-electron chi connectivity index (χ4n) is 3.01. The van der Waals surface area contributed by atoms with E-state index < -0.39 is 8.44 Å². The number of para-hydroxylation sites is 1. The van der Waals surface area contributed by atoms with Crippen molar-refractivity contribution in [1.82, 2.24) is 0 Å². The van der Waals surface area contributed by atoms with Gasteiger partial charge in [-0.2, -0.15) is 0 Å². The van der Waals surface area contributed by atoms with Gasteiger partial charge in [-0.25, -0.2) is 0 Å². The van der Waals surface area contributed by atoms with Crippen LogP contribution in [-0.4, -0.2) is 0 Å². The van der Waals surface area contributed by atoms with Crippen molar-refractivity contribution in [3.8, 4) is 5.75 Å². The van der Waals surface area contributed by atoms with Crippen molar-refractivity contribution in [2.75, 3.05) is 0 Å². The monoisotopic (exact) mass is 365 g/mol. The van der Waals surface area contributed by atoms with E-state index in [4.69, 9.17) is 21.9 Å². The molecule has 0 atom stereocenters. The zero-order valence-corrected chi connectivity index (χ0v) is 17.0. The molecule has 0 N–H and O–H groups in total. The summed E-state index contributed by atoms with van der Waals surface area (Å²) in [5.74, 6) is 0.719. The summed E-state index contributed by atoms with van der Waals surface area (Å²) in [6.45, 7) is 2.00. The summed E-state index contributed by atoms with van der Waals surface area (Å²) in [5, 5.41) is 9.56. The molecule has 0 amide bonds. The maximum atomic E-state index is 7.61. The fourth-order valence-corrected chi connectivity index (χ4v) is 11.5. The van der Waals surface area contributed by atoms with Crippen LogP contribution in [0.4, 0.5) is 0 Å². The Bertz CT molecular complexity index is 763. The van der Waals surface area contributed by atoms with Crippen LogP contribution in [0.5, 0.6) is 5.75 Å². The molecule has 0 radical (unpaired) electrons. The van der Waals surface area contributed by atoms with Gasteiger partial charge in [0.25, 0.3) is 0 Å². The normalized spacial score (nSPS) is 25.3. The molecule has 0 bridgehead atoms. The third-order valence-corrected chi connectivity index (χ3v) is 16.3. The first-order valence-electron chi connectivity index (χ1n) is 7.58. The molecule has 2 rings (SSSR count). The second-order valence-electron chi connectivity index (χ2n) is 12.9. The van der Waals surface area contributed by atoms with Crippen LogP contribution in [0, 0.1) is 6.92 Å². The molecule has 0 saturated heterocycles. The first-order valence-corrected chi connectivity index (χ1v) is 21.1. The molecule has 1 nitrogen and oxygen atoms in total. The molecule has 21 heavy (non-hydrogen) atoms. The van der Waals surface area contributed by atoms with Crippen LogP contribution in [0.1, 0.15) is 12.0 Å². The predicted molar refractivity (Wildman–Crippen MR) is 94.7 cm³/mol. The Morgan fingerprint density at radius 1 is 1.00 bits per heavy atom. The van der Waals surface area contributed by atoms with Crippen molar-refractivity contribution in [1.29, 1.82) is 0 Å². The van der Waals surface area contributed by atoms with Gasteiger partial charge in [0.2, 0.25) is 0 Å². The van der Waals surface area contributed by atoms with Gasteiger partial charge in [-0.15, -0.1) is 0 Å². The van der Waals surface area contributed by atoms with Crippen LogP contribution in [0.3, 0.4) is 0 Å². The molecule has 1 aliphatic rings. The summed E-state index contributed by atoms with van der Waals surface area (Å²) in [6.07, 6.45) is 6.75. The molecule has 0 spiro atoms. The van der Waals surface area contributed by atoms with Gasteiger partial charge in [0, 0.05) is 0 Å². The van der Waals surface area contributed by atoms with Gasteiger partial charge in [0.15, 0.2) is 0 Å². The molecule has 0 unspecified atom stereocenters. The number of hydrogen-bond donors (Lipinski definition) is 0. The third-order valence-electron chi connectivity index (χ3n) is 4.59. The first-order chi connectivity index (χ1) is 8.71. The molecular weight excluding hydrogens is 339 g/mol. The van der Waals surface area contributed by atoms with Gasteiger partial charge in [-0.3, -0.25) is 0 Å². The van der Waals surface area contributed by atoms with E-state index in [-0.39, 0.29) is 0 Å². The van der Waals surface area contributed by atoms with Crippen molar-refractivity contribution in [2.45, 2.75) is 39.5 Å². The van der Waals surface area contributed by atoms with Crippen LogP contribution in [0.15, 0.2) is 46.4 Å². The summed E-state index contributed by atoms with van der Waals surface area (Å²) >= 11 is 0. The minimum absolute atomic E-state index is 0.693. The Morgan fingerprint density at radius 2 is 1.57 bits per heavy atom. The third kappa shape index (κ3) is 3.27. The predicted octanol–water partition coefficient (Wildman–Crippen LogP) is 7.51. The molecule has 0 aliphatic heterocycles. The standard InChI is InChI=1S/C7H8O.C5H5.5CH3.2ClH.Ti/c1-6-4-2-3-5-7(6)8;1-2-4-5-3-1;;;;;;;;/h2-5,8H,1H3;1-3H,4H2;5*1H3;2*1H;/q;;;;;;;;;+3/p-3. The van der Waals surface area contributed by atoms with E-state index in [9.17, 15) is 0 Å². The Morgan fingerprint density at radius 3 is 2.05 bits per heavy atom. The molecule has 1 aromatic rings. The van der Waals surface area contributed by atoms with Gasteiger partial charge >= 0.3 is 128 Å². The summed E-state index contributed by atoms with van der Waals surface area (Å²) in [5.41, 5.74) is 1.01. The van der Waals surface area contributed by atoms with Crippen molar-refractivity contribution in [2.24, 2.45) is 0 Å². The molecule has 0 heterocycles. The van der Waals surface area contributed by atoms with Gasteiger partial charge in [-0.1, -0.05) is 0 Å². The number of aryl methyl sites for hydroxylation is 1. The van der Waals surface area contributed by atoms with E-state index in [0.717, 1.165) is 15.2 Å². The summed E-state index contributed by atoms with van der Waals surface area (Å²) in [7, 11) is 8.92. The molecule has 0 aromatic heterocycles. The number of hydrogen-bond acceptors (Lipinski definition) is 1. The second kappa shape index (κ2) is 2.42. The number of allylic oxidation sites excluding steroid dienone is 4.